The highest BCUT2D eigenvalue weighted by molar-refractivity contribution is 5.97. The number of methoxy groups -OCH3 is 1. The van der Waals surface area contributed by atoms with Crippen LogP contribution in [0.2, 0.25) is 0 Å². The molecule has 31 heavy (non-hydrogen) atoms. The summed E-state index contributed by atoms with van der Waals surface area (Å²) < 4.78 is 5.01. The van der Waals surface area contributed by atoms with Gasteiger partial charge in [-0.3, -0.25) is 9.59 Å². The zero-order chi connectivity index (χ0) is 22.2. The number of piperidine rings is 1. The first kappa shape index (κ1) is 22.3. The number of amides is 2. The maximum Gasteiger partial charge on any atom is 0.254 e. The van der Waals surface area contributed by atoms with Crippen molar-refractivity contribution in [2.75, 3.05) is 49.4 Å². The highest BCUT2D eigenvalue weighted by Gasteiger charge is 2.28. The number of primary amides is 1. The van der Waals surface area contributed by atoms with Gasteiger partial charge in [0.2, 0.25) is 11.9 Å². The number of aromatic nitrogens is 2. The molecule has 1 fully saturated rings. The largest absolute Gasteiger partial charge is 0.383 e. The van der Waals surface area contributed by atoms with Crippen LogP contribution in [-0.4, -0.2) is 61.7 Å². The van der Waals surface area contributed by atoms with E-state index in [9.17, 15) is 9.59 Å². The van der Waals surface area contributed by atoms with Crippen LogP contribution in [0.5, 0.6) is 0 Å². The van der Waals surface area contributed by atoms with E-state index in [0.717, 1.165) is 37.2 Å². The summed E-state index contributed by atoms with van der Waals surface area (Å²) in [4.78, 5) is 34.6. The lowest BCUT2D eigenvalue weighted by molar-refractivity contribution is -0.122. The summed E-state index contributed by atoms with van der Waals surface area (Å²) in [6, 6.07) is 7.61. The maximum absolute atomic E-state index is 12.2. The molecule has 2 heterocycles. The number of nitrogens with two attached hydrogens (primary N) is 1. The molecule has 1 aliphatic heterocycles. The van der Waals surface area contributed by atoms with Crippen molar-refractivity contribution < 1.29 is 14.3 Å². The minimum Gasteiger partial charge on any atom is -0.383 e. The van der Waals surface area contributed by atoms with Gasteiger partial charge in [-0.25, -0.2) is 4.98 Å². The van der Waals surface area contributed by atoms with Crippen LogP contribution >= 0.6 is 0 Å². The Hall–Kier alpha value is -3.40. The first-order valence-corrected chi connectivity index (χ1v) is 10.3. The Labute approximate surface area is 181 Å². The minimum absolute atomic E-state index is 0.0401. The molecule has 10 heteroatoms. The van der Waals surface area contributed by atoms with Crippen LogP contribution in [0.1, 0.15) is 29.6 Å². The molecule has 1 unspecified atom stereocenters. The Balaban J connectivity index is 1.73. The summed E-state index contributed by atoms with van der Waals surface area (Å²) in [6.07, 6.45) is 4.35. The van der Waals surface area contributed by atoms with Crippen molar-refractivity contribution in [1.29, 1.82) is 0 Å². The fourth-order valence-electron chi connectivity index (χ4n) is 3.57. The van der Waals surface area contributed by atoms with Gasteiger partial charge in [-0.2, -0.15) is 4.98 Å². The van der Waals surface area contributed by atoms with E-state index in [1.165, 1.54) is 6.20 Å². The van der Waals surface area contributed by atoms with Gasteiger partial charge in [0, 0.05) is 44.8 Å². The molecule has 0 bridgehead atoms. The second kappa shape index (κ2) is 10.6. The summed E-state index contributed by atoms with van der Waals surface area (Å²) in [6.45, 7) is 1.78. The predicted molar refractivity (Wildman–Crippen MR) is 120 cm³/mol. The molecule has 0 saturated carbocycles. The molecule has 0 spiro atoms. The predicted octanol–water partition coefficient (Wildman–Crippen LogP) is 1.48. The van der Waals surface area contributed by atoms with E-state index in [4.69, 9.17) is 10.5 Å². The van der Waals surface area contributed by atoms with Crippen LogP contribution < -0.4 is 26.6 Å². The Morgan fingerprint density at radius 2 is 2.03 bits per heavy atom. The van der Waals surface area contributed by atoms with Gasteiger partial charge in [-0.1, -0.05) is 0 Å². The van der Waals surface area contributed by atoms with Crippen LogP contribution in [-0.2, 0) is 9.53 Å². The van der Waals surface area contributed by atoms with E-state index in [1.54, 1.807) is 14.2 Å². The fourth-order valence-corrected chi connectivity index (χ4v) is 3.57. The van der Waals surface area contributed by atoms with Gasteiger partial charge in [0.05, 0.1) is 12.2 Å². The lowest BCUT2D eigenvalue weighted by Gasteiger charge is -2.36. The van der Waals surface area contributed by atoms with Gasteiger partial charge in [0.15, 0.2) is 0 Å². The van der Waals surface area contributed by atoms with E-state index >= 15 is 0 Å². The monoisotopic (exact) mass is 427 g/mol. The molecule has 1 aromatic heterocycles. The number of ether oxygens (including phenoxy) is 1. The van der Waals surface area contributed by atoms with Gasteiger partial charge in [0.1, 0.15) is 11.9 Å². The number of hydrogen-bond donors (Lipinski definition) is 4. The maximum atomic E-state index is 12.2. The second-order valence-corrected chi connectivity index (χ2v) is 7.23. The number of benzene rings is 1. The number of likely N-dealkylation sites (N-methyl/N-ethyl adjacent to an activating group) is 1. The Morgan fingerprint density at radius 1 is 1.26 bits per heavy atom. The van der Waals surface area contributed by atoms with E-state index in [0.29, 0.717) is 24.9 Å². The zero-order valence-corrected chi connectivity index (χ0v) is 17.9. The molecule has 0 aliphatic carbocycles. The summed E-state index contributed by atoms with van der Waals surface area (Å²) in [5, 5.41) is 8.92. The van der Waals surface area contributed by atoms with Crippen molar-refractivity contribution in [3.05, 3.63) is 36.0 Å². The Morgan fingerprint density at radius 3 is 2.71 bits per heavy atom. The summed E-state index contributed by atoms with van der Waals surface area (Å²) >= 11 is 0. The average molecular weight is 428 g/mol. The molecule has 3 rings (SSSR count). The van der Waals surface area contributed by atoms with Gasteiger partial charge in [-0.15, -0.1) is 0 Å². The number of carbonyl (C=O) groups excluding carboxylic acids is 2. The van der Waals surface area contributed by atoms with E-state index in [2.05, 4.69) is 30.8 Å². The number of nitrogens with zero attached hydrogens (tertiary/aromatic N) is 3. The van der Waals surface area contributed by atoms with Crippen molar-refractivity contribution in [3.63, 3.8) is 0 Å². The second-order valence-electron chi connectivity index (χ2n) is 7.23. The van der Waals surface area contributed by atoms with E-state index < -0.39 is 5.91 Å². The highest BCUT2D eigenvalue weighted by Crippen LogP contribution is 2.27. The van der Waals surface area contributed by atoms with Crippen molar-refractivity contribution in [2.24, 2.45) is 5.73 Å². The molecule has 0 radical (unpaired) electrons. The van der Waals surface area contributed by atoms with Crippen LogP contribution in [0.15, 0.2) is 30.5 Å². The van der Waals surface area contributed by atoms with Crippen LogP contribution in [0.3, 0.4) is 0 Å². The molecule has 1 aromatic carbocycles. The first-order valence-electron chi connectivity index (χ1n) is 10.3. The zero-order valence-electron chi connectivity index (χ0n) is 17.9. The molecule has 1 saturated heterocycles. The molecule has 166 valence electrons. The van der Waals surface area contributed by atoms with Gasteiger partial charge < -0.3 is 31.3 Å². The number of anilines is 4. The smallest absolute Gasteiger partial charge is 0.254 e. The third-order valence-electron chi connectivity index (χ3n) is 5.16. The molecule has 2 amide bonds. The summed E-state index contributed by atoms with van der Waals surface area (Å²) in [7, 11) is 3.26. The van der Waals surface area contributed by atoms with Crippen molar-refractivity contribution in [1.82, 2.24) is 15.3 Å². The Bertz CT molecular complexity index is 904. The topological polar surface area (TPSA) is 134 Å². The fraction of sp³-hybridized carbons (Fsp3) is 0.429. The van der Waals surface area contributed by atoms with Crippen molar-refractivity contribution in [3.8, 4) is 0 Å². The van der Waals surface area contributed by atoms with Gasteiger partial charge in [-0.05, 0) is 43.5 Å². The molecule has 1 aliphatic rings. The lowest BCUT2D eigenvalue weighted by atomic mass is 10.0. The average Bonchev–Trinajstić information content (AvgIpc) is 2.79. The number of hydrogen-bond acceptors (Lipinski definition) is 8. The minimum atomic E-state index is -0.608. The van der Waals surface area contributed by atoms with Crippen molar-refractivity contribution in [2.45, 2.75) is 25.3 Å². The third-order valence-corrected chi connectivity index (χ3v) is 5.16. The molecule has 5 N–H and O–H groups in total. The standard InChI is InChI=1S/C21H29N7O3/c1-23-20(30)17-5-3-4-11-28(17)15-8-6-14(7-9-15)26-21-25-13-16(18(22)29)19(27-21)24-10-12-31-2/h6-9,13,17H,3-5,10-12H2,1-2H3,(H2,22,29)(H,23,30)(H2,24,25,26,27). The normalized spacial score (nSPS) is 15.9. The molecular weight excluding hydrogens is 398 g/mol. The number of carbonyl (C=O) groups is 2. The molecule has 2 aromatic rings. The molecular formula is C21H29N7O3. The van der Waals surface area contributed by atoms with Crippen LogP contribution in [0, 0.1) is 0 Å². The lowest BCUT2D eigenvalue weighted by Crippen LogP contribution is -2.48. The van der Waals surface area contributed by atoms with E-state index in [1.807, 2.05) is 24.3 Å². The van der Waals surface area contributed by atoms with Gasteiger partial charge >= 0.3 is 0 Å². The van der Waals surface area contributed by atoms with E-state index in [-0.39, 0.29) is 17.5 Å². The molecule has 1 atom stereocenters. The quantitative estimate of drug-likeness (QED) is 0.442. The van der Waals surface area contributed by atoms with Crippen molar-refractivity contribution >= 4 is 35.0 Å². The highest BCUT2D eigenvalue weighted by atomic mass is 16.5. The Kier molecular flexibility index (Phi) is 7.60. The van der Waals surface area contributed by atoms with Crippen LogP contribution in [0.4, 0.5) is 23.1 Å². The number of nitrogens with one attached hydrogen (secondary N) is 3. The van der Waals surface area contributed by atoms with Crippen LogP contribution in [0.25, 0.3) is 0 Å². The summed E-state index contributed by atoms with van der Waals surface area (Å²) in [5.41, 5.74) is 7.39. The summed E-state index contributed by atoms with van der Waals surface area (Å²) in [5.74, 6) is 0.112. The van der Waals surface area contributed by atoms with Gasteiger partial charge in [0.25, 0.3) is 5.91 Å². The molecule has 10 nitrogen and oxygen atoms in total. The first-order chi connectivity index (χ1) is 15.0. The number of rotatable bonds is 9. The third kappa shape index (κ3) is 5.60. The SMILES string of the molecule is CNC(=O)C1CCCCN1c1ccc(Nc2ncc(C(N)=O)c(NCCOC)n2)cc1.